The maximum absolute atomic E-state index is 14.0. The predicted molar refractivity (Wildman–Crippen MR) is 168 cm³/mol. The molecule has 232 valence electrons. The van der Waals surface area contributed by atoms with Crippen molar-refractivity contribution in [1.82, 2.24) is 9.29 Å². The van der Waals surface area contributed by atoms with Gasteiger partial charge in [0.1, 0.15) is 15.6 Å². The fourth-order valence-electron chi connectivity index (χ4n) is 7.14. The van der Waals surface area contributed by atoms with Crippen LogP contribution in [0.5, 0.6) is 0 Å². The maximum atomic E-state index is 14.0. The number of ether oxygens (including phenoxy) is 1. The quantitative estimate of drug-likeness (QED) is 0.372. The molecule has 0 radical (unpaired) electrons. The number of carboxylic acid groups (broad SMARTS) is 1. The smallest absolute Gasteiger partial charge is 0.348 e. The Morgan fingerprint density at radius 1 is 1.07 bits per heavy atom. The number of morpholine rings is 1. The molecular weight excluding hydrogens is 624 g/mol. The number of amides is 1. The molecule has 1 aliphatic carbocycles. The first-order valence-corrected chi connectivity index (χ1v) is 17.6. The van der Waals surface area contributed by atoms with Crippen molar-refractivity contribution in [3.05, 3.63) is 58.6 Å². The highest BCUT2D eigenvalue weighted by atomic mass is 35.5. The van der Waals surface area contributed by atoms with E-state index in [4.69, 9.17) is 16.3 Å². The molecule has 10 nitrogen and oxygen atoms in total. The summed E-state index contributed by atoms with van der Waals surface area (Å²) in [4.78, 5) is 35.5. The summed E-state index contributed by atoms with van der Waals surface area (Å²) >= 11 is 7.17. The van der Waals surface area contributed by atoms with Crippen molar-refractivity contribution in [2.75, 3.05) is 36.0 Å². The zero-order valence-corrected chi connectivity index (χ0v) is 26.4. The Labute approximate surface area is 265 Å². The van der Waals surface area contributed by atoms with E-state index in [1.54, 1.807) is 35.2 Å². The number of fused-ring (bicyclic) bond motifs is 2. The van der Waals surface area contributed by atoms with Gasteiger partial charge in [0.2, 0.25) is 15.9 Å². The predicted octanol–water partition coefficient (Wildman–Crippen LogP) is 5.13. The molecule has 3 unspecified atom stereocenters. The van der Waals surface area contributed by atoms with Crippen LogP contribution >= 0.6 is 22.9 Å². The Kier molecular flexibility index (Phi) is 7.90. The number of sulfonamides is 1. The lowest BCUT2D eigenvalue weighted by Gasteiger charge is -2.44. The number of halogens is 1. The first-order chi connectivity index (χ1) is 21.2. The minimum atomic E-state index is -4.04. The Morgan fingerprint density at radius 3 is 2.48 bits per heavy atom. The highest BCUT2D eigenvalue weighted by Gasteiger charge is 2.45. The van der Waals surface area contributed by atoms with E-state index in [0.29, 0.717) is 22.2 Å². The molecule has 2 aromatic heterocycles. The molecule has 4 aliphatic rings. The van der Waals surface area contributed by atoms with Gasteiger partial charge in [0, 0.05) is 29.2 Å². The normalized spacial score (nSPS) is 24.8. The van der Waals surface area contributed by atoms with Crippen LogP contribution in [0.15, 0.2) is 53.6 Å². The van der Waals surface area contributed by atoms with Crippen molar-refractivity contribution < 1.29 is 27.9 Å². The van der Waals surface area contributed by atoms with Crippen LogP contribution in [-0.4, -0.2) is 79.1 Å². The van der Waals surface area contributed by atoms with Gasteiger partial charge in [0.05, 0.1) is 37.0 Å². The second kappa shape index (κ2) is 11.7. The van der Waals surface area contributed by atoms with E-state index in [9.17, 15) is 23.1 Å². The molecule has 0 spiro atoms. The van der Waals surface area contributed by atoms with E-state index < -0.39 is 27.9 Å². The van der Waals surface area contributed by atoms with E-state index in [0.717, 1.165) is 67.8 Å². The molecule has 3 aromatic rings. The Bertz CT molecular complexity index is 1670. The van der Waals surface area contributed by atoms with Crippen LogP contribution in [0.2, 0.25) is 5.02 Å². The molecule has 44 heavy (non-hydrogen) atoms. The van der Waals surface area contributed by atoms with Gasteiger partial charge < -0.3 is 19.6 Å². The first-order valence-electron chi connectivity index (χ1n) is 15.0. The van der Waals surface area contributed by atoms with Gasteiger partial charge in [-0.15, -0.1) is 11.3 Å². The number of carbonyl (C=O) groups is 2. The zero-order chi connectivity index (χ0) is 30.6. The number of carbonyl (C=O) groups excluding carboxylic acids is 1. The number of aromatic nitrogens is 1. The standard InChI is InChI=1S/C31H33ClN4O6S2/c32-21-8-6-20(7-9-21)27-13-25(30(43-27)31(38)39)36-26(19-4-2-1-3-5-19)16-34(17-29(36)37)44(40,41)24-10-11-28(33-14-24)35-15-23-12-22(35)18-42-23/h6-11,13-14,19,22-23,26H,1-5,12,15-18H2,(H,38,39). The zero-order valence-electron chi connectivity index (χ0n) is 24.0. The number of hydrogen-bond donors (Lipinski definition) is 1. The number of nitrogens with zero attached hydrogens (tertiary/aromatic N) is 4. The van der Waals surface area contributed by atoms with Crippen LogP contribution in [0.3, 0.4) is 0 Å². The molecule has 2 bridgehead atoms. The highest BCUT2D eigenvalue weighted by molar-refractivity contribution is 7.89. The molecule has 1 N–H and O–H groups in total. The number of pyridine rings is 1. The lowest BCUT2D eigenvalue weighted by molar-refractivity contribution is -0.121. The van der Waals surface area contributed by atoms with Gasteiger partial charge in [0.25, 0.3) is 0 Å². The summed E-state index contributed by atoms with van der Waals surface area (Å²) in [6.07, 6.45) is 7.26. The van der Waals surface area contributed by atoms with E-state index >= 15 is 0 Å². The number of rotatable bonds is 7. The molecule has 3 atom stereocenters. The molecule has 7 rings (SSSR count). The van der Waals surface area contributed by atoms with Gasteiger partial charge in [-0.2, -0.15) is 4.31 Å². The Balaban J connectivity index is 1.20. The number of hydrogen-bond acceptors (Lipinski definition) is 8. The van der Waals surface area contributed by atoms with Crippen LogP contribution in [0.4, 0.5) is 11.5 Å². The molecule has 3 aliphatic heterocycles. The summed E-state index contributed by atoms with van der Waals surface area (Å²) < 4.78 is 34.8. The monoisotopic (exact) mass is 656 g/mol. The number of carboxylic acids is 1. The van der Waals surface area contributed by atoms with Gasteiger partial charge in [0.15, 0.2) is 0 Å². The van der Waals surface area contributed by atoms with Crippen molar-refractivity contribution in [3.63, 3.8) is 0 Å². The lowest BCUT2D eigenvalue weighted by atomic mass is 9.82. The topological polar surface area (TPSA) is 120 Å². The summed E-state index contributed by atoms with van der Waals surface area (Å²) in [5.74, 6) is -0.800. The number of anilines is 2. The first kappa shape index (κ1) is 29.7. The minimum Gasteiger partial charge on any atom is -0.477 e. The fraction of sp³-hybridized carbons (Fsp3) is 0.452. The summed E-state index contributed by atoms with van der Waals surface area (Å²) in [5.41, 5.74) is 1.11. The van der Waals surface area contributed by atoms with E-state index in [1.807, 2.05) is 12.1 Å². The van der Waals surface area contributed by atoms with Crippen molar-refractivity contribution in [2.24, 2.45) is 5.92 Å². The SMILES string of the molecule is O=C(O)c1sc(-c2ccc(Cl)cc2)cc1N1C(=O)CN(S(=O)(=O)c2ccc(N3CC4CC3CO4)nc2)CC1C1CCCCC1. The third-order valence-corrected chi connectivity index (χ3v) is 12.6. The summed E-state index contributed by atoms with van der Waals surface area (Å²) in [6, 6.07) is 11.9. The van der Waals surface area contributed by atoms with Crippen molar-refractivity contribution in [3.8, 4) is 10.4 Å². The van der Waals surface area contributed by atoms with Gasteiger partial charge in [-0.3, -0.25) is 4.79 Å². The van der Waals surface area contributed by atoms with Crippen molar-refractivity contribution in [1.29, 1.82) is 0 Å². The highest BCUT2D eigenvalue weighted by Crippen LogP contribution is 2.42. The third-order valence-electron chi connectivity index (χ3n) is 9.34. The second-order valence-corrected chi connectivity index (χ2v) is 15.4. The molecule has 3 saturated heterocycles. The average Bonchev–Trinajstić information content (AvgIpc) is 3.78. The van der Waals surface area contributed by atoms with Crippen molar-refractivity contribution >= 4 is 56.3 Å². The van der Waals surface area contributed by atoms with Gasteiger partial charge in [-0.1, -0.05) is 43.0 Å². The summed E-state index contributed by atoms with van der Waals surface area (Å²) in [5, 5.41) is 10.7. The molecule has 1 amide bonds. The molecule has 4 fully saturated rings. The number of thiophene rings is 1. The molecule has 5 heterocycles. The van der Waals surface area contributed by atoms with Crippen LogP contribution in [0.25, 0.3) is 10.4 Å². The Hall–Kier alpha value is -3.03. The summed E-state index contributed by atoms with van der Waals surface area (Å²) in [7, 11) is -4.04. The van der Waals surface area contributed by atoms with Crippen LogP contribution in [0.1, 0.15) is 48.2 Å². The Morgan fingerprint density at radius 2 is 1.84 bits per heavy atom. The van der Waals surface area contributed by atoms with Crippen LogP contribution in [-0.2, 0) is 19.6 Å². The minimum absolute atomic E-state index is 0.0392. The van der Waals surface area contributed by atoms with Gasteiger partial charge >= 0.3 is 5.97 Å². The number of aromatic carboxylic acids is 1. The molecule has 1 aromatic carbocycles. The third kappa shape index (κ3) is 5.40. The fourth-order valence-corrected chi connectivity index (χ4v) is 9.61. The second-order valence-electron chi connectivity index (χ2n) is 12.0. The van der Waals surface area contributed by atoms with E-state index in [-0.39, 0.29) is 40.9 Å². The average molecular weight is 657 g/mol. The maximum Gasteiger partial charge on any atom is 0.348 e. The number of benzene rings is 1. The largest absolute Gasteiger partial charge is 0.477 e. The lowest BCUT2D eigenvalue weighted by Crippen LogP contribution is -2.60. The van der Waals surface area contributed by atoms with Gasteiger partial charge in [-0.05, 0) is 61.1 Å². The van der Waals surface area contributed by atoms with Gasteiger partial charge in [-0.25, -0.2) is 18.2 Å². The number of piperazine rings is 1. The van der Waals surface area contributed by atoms with E-state index in [1.165, 1.54) is 10.5 Å². The molecule has 1 saturated carbocycles. The summed E-state index contributed by atoms with van der Waals surface area (Å²) in [6.45, 7) is 1.09. The van der Waals surface area contributed by atoms with Crippen LogP contribution in [0, 0.1) is 5.92 Å². The van der Waals surface area contributed by atoms with E-state index in [2.05, 4.69) is 9.88 Å². The van der Waals surface area contributed by atoms with Crippen molar-refractivity contribution in [2.45, 2.75) is 61.6 Å². The molecule has 13 heteroatoms. The molecular formula is C31H33ClN4O6S2. The van der Waals surface area contributed by atoms with Crippen LogP contribution < -0.4 is 9.80 Å².